The molecule has 2 rings (SSSR count). The molecule has 1 heterocycles. The molecule has 1 saturated heterocycles. The molecule has 1 aliphatic heterocycles. The van der Waals surface area contributed by atoms with E-state index in [9.17, 15) is 0 Å². The summed E-state index contributed by atoms with van der Waals surface area (Å²) in [5.74, 6) is 1.77. The maximum atomic E-state index is 5.92. The molecule has 1 aliphatic carbocycles. The molecule has 0 bridgehead atoms. The summed E-state index contributed by atoms with van der Waals surface area (Å²) in [6, 6.07) is 0.826. The highest BCUT2D eigenvalue weighted by molar-refractivity contribution is 4.93. The van der Waals surface area contributed by atoms with E-state index in [1.165, 1.54) is 45.2 Å². The molecular formula is C12H24N2. The molecule has 2 aliphatic rings. The first-order valence-corrected chi connectivity index (χ1v) is 6.31. The Balaban J connectivity index is 2.05. The van der Waals surface area contributed by atoms with E-state index in [1.807, 2.05) is 0 Å². The third kappa shape index (κ3) is 2.12. The van der Waals surface area contributed by atoms with Gasteiger partial charge in [-0.3, -0.25) is 0 Å². The van der Waals surface area contributed by atoms with Gasteiger partial charge in [0.2, 0.25) is 0 Å². The Labute approximate surface area is 87.8 Å². The average Bonchev–Trinajstić information content (AvgIpc) is 3.03. The summed E-state index contributed by atoms with van der Waals surface area (Å²) in [6.07, 6.45) is 7.05. The van der Waals surface area contributed by atoms with Crippen LogP contribution in [0, 0.1) is 11.8 Å². The zero-order valence-electron chi connectivity index (χ0n) is 9.41. The second-order valence-electron chi connectivity index (χ2n) is 4.95. The Bertz CT molecular complexity index is 163. The Hall–Kier alpha value is -0.0800. The van der Waals surface area contributed by atoms with Crippen LogP contribution in [0.25, 0.3) is 0 Å². The summed E-state index contributed by atoms with van der Waals surface area (Å²) in [4.78, 5) is 2.70. The fourth-order valence-corrected chi connectivity index (χ4v) is 3.09. The average molecular weight is 196 g/mol. The van der Waals surface area contributed by atoms with E-state index in [0.29, 0.717) is 0 Å². The summed E-state index contributed by atoms with van der Waals surface area (Å²) in [6.45, 7) is 5.73. The van der Waals surface area contributed by atoms with Crippen LogP contribution in [0.5, 0.6) is 0 Å². The fraction of sp³-hybridized carbons (Fsp3) is 1.00. The molecule has 0 aromatic rings. The molecule has 1 saturated carbocycles. The molecule has 82 valence electrons. The van der Waals surface area contributed by atoms with Crippen LogP contribution in [0.1, 0.15) is 39.0 Å². The van der Waals surface area contributed by atoms with Crippen LogP contribution in [0.2, 0.25) is 0 Å². The van der Waals surface area contributed by atoms with E-state index in [-0.39, 0.29) is 0 Å². The summed E-state index contributed by atoms with van der Waals surface area (Å²) in [5.41, 5.74) is 5.92. The molecule has 14 heavy (non-hydrogen) atoms. The van der Waals surface area contributed by atoms with Gasteiger partial charge in [-0.15, -0.1) is 0 Å². The minimum absolute atomic E-state index is 0.782. The minimum Gasteiger partial charge on any atom is -0.330 e. The Morgan fingerprint density at radius 2 is 2.00 bits per heavy atom. The quantitative estimate of drug-likeness (QED) is 0.746. The lowest BCUT2D eigenvalue weighted by atomic mass is 9.91. The number of hydrogen-bond donors (Lipinski definition) is 1. The van der Waals surface area contributed by atoms with Crippen molar-refractivity contribution in [3.63, 3.8) is 0 Å². The standard InChI is InChI=1S/C12H24N2/c1-2-14-8-4-3-5-11(9-13)12(14)10-6-7-10/h10-12H,2-9,13H2,1H3/t11-,12-/m1/s1. The van der Waals surface area contributed by atoms with Gasteiger partial charge in [-0.05, 0) is 57.2 Å². The van der Waals surface area contributed by atoms with Crippen molar-refractivity contribution in [2.75, 3.05) is 19.6 Å². The molecule has 0 unspecified atom stereocenters. The van der Waals surface area contributed by atoms with Crippen LogP contribution in [0.4, 0.5) is 0 Å². The maximum Gasteiger partial charge on any atom is 0.0164 e. The molecule has 0 aromatic carbocycles. The summed E-state index contributed by atoms with van der Waals surface area (Å²) < 4.78 is 0. The van der Waals surface area contributed by atoms with Gasteiger partial charge in [-0.2, -0.15) is 0 Å². The van der Waals surface area contributed by atoms with E-state index >= 15 is 0 Å². The normalized spacial score (nSPS) is 35.6. The predicted molar refractivity (Wildman–Crippen MR) is 60.2 cm³/mol. The van der Waals surface area contributed by atoms with Crippen molar-refractivity contribution in [2.45, 2.75) is 45.1 Å². The third-order valence-corrected chi connectivity index (χ3v) is 3.99. The Kier molecular flexibility index (Phi) is 3.45. The van der Waals surface area contributed by atoms with Gasteiger partial charge < -0.3 is 10.6 Å². The van der Waals surface area contributed by atoms with Crippen molar-refractivity contribution in [3.05, 3.63) is 0 Å². The number of hydrogen-bond acceptors (Lipinski definition) is 2. The lowest BCUT2D eigenvalue weighted by Gasteiger charge is -2.34. The van der Waals surface area contributed by atoms with Crippen molar-refractivity contribution in [3.8, 4) is 0 Å². The van der Waals surface area contributed by atoms with Crippen molar-refractivity contribution in [1.29, 1.82) is 0 Å². The van der Waals surface area contributed by atoms with Crippen LogP contribution < -0.4 is 5.73 Å². The van der Waals surface area contributed by atoms with E-state index in [2.05, 4.69) is 11.8 Å². The second kappa shape index (κ2) is 4.63. The molecule has 0 aromatic heterocycles. The SMILES string of the molecule is CCN1CCCC[C@H](CN)[C@H]1C1CC1. The minimum atomic E-state index is 0.782. The Morgan fingerprint density at radius 3 is 2.57 bits per heavy atom. The molecule has 0 spiro atoms. The highest BCUT2D eigenvalue weighted by Crippen LogP contribution is 2.41. The lowest BCUT2D eigenvalue weighted by Crippen LogP contribution is -2.43. The van der Waals surface area contributed by atoms with Crippen molar-refractivity contribution >= 4 is 0 Å². The van der Waals surface area contributed by atoms with Gasteiger partial charge >= 0.3 is 0 Å². The largest absolute Gasteiger partial charge is 0.330 e. The first-order valence-electron chi connectivity index (χ1n) is 6.31. The molecule has 2 atom stereocenters. The molecule has 2 nitrogen and oxygen atoms in total. The van der Waals surface area contributed by atoms with Crippen LogP contribution in [0.15, 0.2) is 0 Å². The second-order valence-corrected chi connectivity index (χ2v) is 4.95. The highest BCUT2D eigenvalue weighted by Gasteiger charge is 2.39. The summed E-state index contributed by atoms with van der Waals surface area (Å²) >= 11 is 0. The Morgan fingerprint density at radius 1 is 1.21 bits per heavy atom. The number of nitrogens with zero attached hydrogens (tertiary/aromatic N) is 1. The van der Waals surface area contributed by atoms with Crippen LogP contribution in [-0.4, -0.2) is 30.6 Å². The van der Waals surface area contributed by atoms with E-state index in [4.69, 9.17) is 5.73 Å². The molecule has 0 amide bonds. The van der Waals surface area contributed by atoms with Crippen molar-refractivity contribution in [2.24, 2.45) is 17.6 Å². The number of likely N-dealkylation sites (tertiary alicyclic amines) is 1. The number of nitrogens with two attached hydrogens (primary N) is 1. The van der Waals surface area contributed by atoms with Crippen LogP contribution >= 0.6 is 0 Å². The first-order chi connectivity index (χ1) is 6.86. The van der Waals surface area contributed by atoms with Gasteiger partial charge in [-0.25, -0.2) is 0 Å². The van der Waals surface area contributed by atoms with Gasteiger partial charge in [-0.1, -0.05) is 13.3 Å². The zero-order valence-corrected chi connectivity index (χ0v) is 9.41. The number of rotatable bonds is 3. The van der Waals surface area contributed by atoms with E-state index < -0.39 is 0 Å². The van der Waals surface area contributed by atoms with Crippen LogP contribution in [-0.2, 0) is 0 Å². The summed E-state index contributed by atoms with van der Waals surface area (Å²) in [5, 5.41) is 0. The monoisotopic (exact) mass is 196 g/mol. The molecular weight excluding hydrogens is 172 g/mol. The topological polar surface area (TPSA) is 29.3 Å². The molecule has 0 radical (unpaired) electrons. The molecule has 2 fully saturated rings. The van der Waals surface area contributed by atoms with E-state index in [1.54, 1.807) is 0 Å². The summed E-state index contributed by atoms with van der Waals surface area (Å²) in [7, 11) is 0. The van der Waals surface area contributed by atoms with Crippen LogP contribution in [0.3, 0.4) is 0 Å². The van der Waals surface area contributed by atoms with Crippen molar-refractivity contribution in [1.82, 2.24) is 4.90 Å². The molecule has 2 heteroatoms. The third-order valence-electron chi connectivity index (χ3n) is 3.99. The highest BCUT2D eigenvalue weighted by atomic mass is 15.2. The fourth-order valence-electron chi connectivity index (χ4n) is 3.09. The maximum absolute atomic E-state index is 5.92. The smallest absolute Gasteiger partial charge is 0.0164 e. The van der Waals surface area contributed by atoms with Gasteiger partial charge in [0.15, 0.2) is 0 Å². The lowest BCUT2D eigenvalue weighted by molar-refractivity contribution is 0.144. The molecule has 2 N–H and O–H groups in total. The zero-order chi connectivity index (χ0) is 9.97. The first kappa shape index (κ1) is 10.4. The predicted octanol–water partition coefficient (Wildman–Crippen LogP) is 1.85. The van der Waals surface area contributed by atoms with Gasteiger partial charge in [0.25, 0.3) is 0 Å². The van der Waals surface area contributed by atoms with Gasteiger partial charge in [0.05, 0.1) is 0 Å². The van der Waals surface area contributed by atoms with Gasteiger partial charge in [0.1, 0.15) is 0 Å². The van der Waals surface area contributed by atoms with E-state index in [0.717, 1.165) is 24.4 Å². The van der Waals surface area contributed by atoms with Gasteiger partial charge in [0, 0.05) is 6.04 Å². The van der Waals surface area contributed by atoms with Crippen molar-refractivity contribution < 1.29 is 0 Å².